The zero-order valence-electron chi connectivity index (χ0n) is 17.9. The second kappa shape index (κ2) is 11.0. The molecule has 0 bridgehead atoms. The van der Waals surface area contributed by atoms with Crippen LogP contribution in [-0.4, -0.2) is 53.7 Å². The van der Waals surface area contributed by atoms with Gasteiger partial charge in [0.2, 0.25) is 5.89 Å². The zero-order chi connectivity index (χ0) is 20.5. The molecular formula is C21H34N6O2. The molecule has 1 unspecified atom stereocenters. The van der Waals surface area contributed by atoms with Crippen molar-refractivity contribution in [3.63, 3.8) is 0 Å². The highest BCUT2D eigenvalue weighted by atomic mass is 16.5. The van der Waals surface area contributed by atoms with Gasteiger partial charge in [0.15, 0.2) is 11.8 Å². The van der Waals surface area contributed by atoms with Crippen molar-refractivity contribution >= 4 is 5.96 Å². The van der Waals surface area contributed by atoms with E-state index in [-0.39, 0.29) is 12.0 Å². The van der Waals surface area contributed by atoms with Crippen LogP contribution in [0, 0.1) is 0 Å². The number of nitrogens with zero attached hydrogens (tertiary/aromatic N) is 4. The van der Waals surface area contributed by atoms with Gasteiger partial charge in [-0.05, 0) is 51.4 Å². The van der Waals surface area contributed by atoms with E-state index in [1.807, 2.05) is 6.07 Å². The molecule has 1 atom stereocenters. The van der Waals surface area contributed by atoms with E-state index in [9.17, 15) is 0 Å². The highest BCUT2D eigenvalue weighted by Crippen LogP contribution is 2.25. The van der Waals surface area contributed by atoms with Gasteiger partial charge in [-0.25, -0.2) is 0 Å². The molecule has 0 aliphatic carbocycles. The lowest BCUT2D eigenvalue weighted by Crippen LogP contribution is -2.39. The van der Waals surface area contributed by atoms with Gasteiger partial charge in [0.25, 0.3) is 0 Å². The SMILES string of the molecule is CCNC(=NCC(c1ccco1)N1CCCC1)NCCCc1nc(C(C)C)no1. The summed E-state index contributed by atoms with van der Waals surface area (Å²) in [6, 6.07) is 4.19. The molecule has 2 aromatic rings. The fourth-order valence-corrected chi connectivity index (χ4v) is 3.49. The van der Waals surface area contributed by atoms with E-state index in [1.165, 1.54) is 12.8 Å². The van der Waals surface area contributed by atoms with E-state index in [0.717, 1.165) is 56.6 Å². The van der Waals surface area contributed by atoms with E-state index in [1.54, 1.807) is 6.26 Å². The third kappa shape index (κ3) is 6.32. The van der Waals surface area contributed by atoms with Crippen molar-refractivity contribution in [2.45, 2.75) is 58.4 Å². The van der Waals surface area contributed by atoms with Crippen molar-refractivity contribution in [1.29, 1.82) is 0 Å². The standard InChI is InChI=1S/C21H34N6O2/c1-4-22-21(23-11-7-10-19-25-20(16(2)3)26-29-19)24-15-17(18-9-8-14-28-18)27-12-5-6-13-27/h8-9,14,16-17H,4-7,10-13,15H2,1-3H3,(H2,22,23,24). The summed E-state index contributed by atoms with van der Waals surface area (Å²) in [6.45, 7) is 10.7. The van der Waals surface area contributed by atoms with Crippen molar-refractivity contribution < 1.29 is 8.94 Å². The molecule has 1 aliphatic rings. The molecule has 0 saturated carbocycles. The monoisotopic (exact) mass is 402 g/mol. The van der Waals surface area contributed by atoms with E-state index in [0.29, 0.717) is 12.4 Å². The number of aromatic nitrogens is 2. The van der Waals surface area contributed by atoms with Crippen LogP contribution >= 0.6 is 0 Å². The number of nitrogens with one attached hydrogen (secondary N) is 2. The third-order valence-electron chi connectivity index (χ3n) is 5.08. The summed E-state index contributed by atoms with van der Waals surface area (Å²) in [5.41, 5.74) is 0. The van der Waals surface area contributed by atoms with Crippen LogP contribution in [0.2, 0.25) is 0 Å². The summed E-state index contributed by atoms with van der Waals surface area (Å²) in [7, 11) is 0. The second-order valence-electron chi connectivity index (χ2n) is 7.73. The molecule has 1 aliphatic heterocycles. The van der Waals surface area contributed by atoms with Gasteiger partial charge in [0.1, 0.15) is 5.76 Å². The van der Waals surface area contributed by atoms with E-state index >= 15 is 0 Å². The van der Waals surface area contributed by atoms with Gasteiger partial charge in [0.05, 0.1) is 18.8 Å². The molecule has 8 heteroatoms. The summed E-state index contributed by atoms with van der Waals surface area (Å²) >= 11 is 0. The first kappa shape index (κ1) is 21.4. The molecule has 0 aromatic carbocycles. The zero-order valence-corrected chi connectivity index (χ0v) is 17.9. The Morgan fingerprint density at radius 3 is 2.76 bits per heavy atom. The van der Waals surface area contributed by atoms with Gasteiger partial charge in [-0.3, -0.25) is 9.89 Å². The molecule has 3 heterocycles. The van der Waals surface area contributed by atoms with Crippen LogP contribution in [0.25, 0.3) is 0 Å². The minimum atomic E-state index is 0.191. The van der Waals surface area contributed by atoms with Crippen LogP contribution in [0.1, 0.15) is 69.5 Å². The van der Waals surface area contributed by atoms with Crippen molar-refractivity contribution in [3.05, 3.63) is 35.9 Å². The van der Waals surface area contributed by atoms with E-state index in [4.69, 9.17) is 13.9 Å². The van der Waals surface area contributed by atoms with Crippen LogP contribution in [0.4, 0.5) is 0 Å². The first-order chi connectivity index (χ1) is 14.2. The predicted molar refractivity (Wildman–Crippen MR) is 113 cm³/mol. The summed E-state index contributed by atoms with van der Waals surface area (Å²) in [5.74, 6) is 3.58. The van der Waals surface area contributed by atoms with Crippen LogP contribution in [-0.2, 0) is 6.42 Å². The van der Waals surface area contributed by atoms with Crippen molar-refractivity contribution in [2.24, 2.45) is 4.99 Å². The van der Waals surface area contributed by atoms with Gasteiger partial charge in [-0.15, -0.1) is 0 Å². The molecule has 1 fully saturated rings. The average molecular weight is 403 g/mol. The fraction of sp³-hybridized carbons (Fsp3) is 0.667. The summed E-state index contributed by atoms with van der Waals surface area (Å²) in [6.07, 6.45) is 5.89. The van der Waals surface area contributed by atoms with E-state index < -0.39 is 0 Å². The van der Waals surface area contributed by atoms with E-state index in [2.05, 4.69) is 52.5 Å². The Labute approximate surface area is 173 Å². The van der Waals surface area contributed by atoms with Gasteiger partial charge < -0.3 is 19.6 Å². The fourth-order valence-electron chi connectivity index (χ4n) is 3.49. The lowest BCUT2D eigenvalue weighted by molar-refractivity contribution is 0.221. The third-order valence-corrected chi connectivity index (χ3v) is 5.08. The van der Waals surface area contributed by atoms with Gasteiger partial charge in [-0.1, -0.05) is 19.0 Å². The number of furan rings is 1. The molecule has 3 rings (SSSR count). The van der Waals surface area contributed by atoms with Crippen LogP contribution in [0.5, 0.6) is 0 Å². The van der Waals surface area contributed by atoms with Gasteiger partial charge in [-0.2, -0.15) is 4.98 Å². The number of guanidine groups is 1. The Bertz CT molecular complexity index is 734. The smallest absolute Gasteiger partial charge is 0.226 e. The van der Waals surface area contributed by atoms with Crippen LogP contribution < -0.4 is 10.6 Å². The quantitative estimate of drug-likeness (QED) is 0.358. The Hall–Kier alpha value is -2.35. The molecular weight excluding hydrogens is 368 g/mol. The molecule has 0 amide bonds. The summed E-state index contributed by atoms with van der Waals surface area (Å²) < 4.78 is 11.0. The lowest BCUT2D eigenvalue weighted by Gasteiger charge is -2.24. The van der Waals surface area contributed by atoms with Crippen molar-refractivity contribution in [3.8, 4) is 0 Å². The van der Waals surface area contributed by atoms with Crippen molar-refractivity contribution in [2.75, 3.05) is 32.7 Å². The number of rotatable bonds is 10. The first-order valence-corrected chi connectivity index (χ1v) is 10.8. The molecule has 0 spiro atoms. The topological polar surface area (TPSA) is 91.7 Å². The molecule has 160 valence electrons. The maximum atomic E-state index is 5.69. The molecule has 1 saturated heterocycles. The molecule has 0 radical (unpaired) electrons. The Balaban J connectivity index is 1.51. The normalized spacial score (nSPS) is 16.5. The number of aryl methyl sites for hydroxylation is 1. The first-order valence-electron chi connectivity index (χ1n) is 10.8. The van der Waals surface area contributed by atoms with Gasteiger partial charge in [0, 0.05) is 25.4 Å². The molecule has 8 nitrogen and oxygen atoms in total. The minimum Gasteiger partial charge on any atom is -0.468 e. The Kier molecular flexibility index (Phi) is 8.10. The Morgan fingerprint density at radius 2 is 2.10 bits per heavy atom. The molecule has 29 heavy (non-hydrogen) atoms. The molecule has 2 N–H and O–H groups in total. The highest BCUT2D eigenvalue weighted by molar-refractivity contribution is 5.79. The maximum Gasteiger partial charge on any atom is 0.226 e. The van der Waals surface area contributed by atoms with Crippen LogP contribution in [0.15, 0.2) is 32.3 Å². The van der Waals surface area contributed by atoms with Gasteiger partial charge >= 0.3 is 0 Å². The summed E-state index contributed by atoms with van der Waals surface area (Å²) in [4.78, 5) is 11.7. The molecule has 2 aromatic heterocycles. The van der Waals surface area contributed by atoms with Crippen LogP contribution in [0.3, 0.4) is 0 Å². The highest BCUT2D eigenvalue weighted by Gasteiger charge is 2.25. The number of hydrogen-bond donors (Lipinski definition) is 2. The lowest BCUT2D eigenvalue weighted by atomic mass is 10.2. The maximum absolute atomic E-state index is 5.69. The summed E-state index contributed by atoms with van der Waals surface area (Å²) in [5, 5.41) is 10.8. The number of hydrogen-bond acceptors (Lipinski definition) is 6. The van der Waals surface area contributed by atoms with Crippen molar-refractivity contribution in [1.82, 2.24) is 25.7 Å². The number of likely N-dealkylation sites (tertiary alicyclic amines) is 1. The average Bonchev–Trinajstić information content (AvgIpc) is 3.48. The minimum absolute atomic E-state index is 0.191. The largest absolute Gasteiger partial charge is 0.468 e. The second-order valence-corrected chi connectivity index (χ2v) is 7.73. The predicted octanol–water partition coefficient (Wildman–Crippen LogP) is 3.11. The number of aliphatic imine (C=N–C) groups is 1. The Morgan fingerprint density at radius 1 is 1.28 bits per heavy atom.